The first-order valence-corrected chi connectivity index (χ1v) is 6.80. The second kappa shape index (κ2) is 5.85. The maximum Gasteiger partial charge on any atom is 0.224 e. The molecule has 21 heavy (non-hydrogen) atoms. The van der Waals surface area contributed by atoms with Crippen molar-refractivity contribution in [3.8, 4) is 6.07 Å². The van der Waals surface area contributed by atoms with E-state index in [-0.39, 0.29) is 12.1 Å². The third-order valence-corrected chi connectivity index (χ3v) is 3.39. The molecule has 106 valence electrons. The first kappa shape index (κ1) is 13.5. The Balaban J connectivity index is 1.81. The Bertz CT molecular complexity index is 668. The number of ether oxygens (including phenoxy) is 1. The highest BCUT2D eigenvalue weighted by atomic mass is 16.5. The largest absolute Gasteiger partial charge is 0.371 e. The van der Waals surface area contributed by atoms with E-state index in [9.17, 15) is 0 Å². The molecule has 1 N–H and O–H groups in total. The van der Waals surface area contributed by atoms with E-state index >= 15 is 0 Å². The summed E-state index contributed by atoms with van der Waals surface area (Å²) in [4.78, 5) is 12.6. The van der Waals surface area contributed by atoms with Crippen LogP contribution in [0, 0.1) is 18.3 Å². The number of nitrogens with zero attached hydrogens (tertiary/aromatic N) is 4. The predicted octanol–water partition coefficient (Wildman–Crippen LogP) is 1.99. The summed E-state index contributed by atoms with van der Waals surface area (Å²) in [5, 5.41) is 12.3. The number of anilines is 1. The first-order valence-electron chi connectivity index (χ1n) is 6.80. The summed E-state index contributed by atoms with van der Waals surface area (Å²) in [6, 6.07) is 7.67. The molecule has 6 heteroatoms. The van der Waals surface area contributed by atoms with Gasteiger partial charge in [0.05, 0.1) is 6.04 Å². The summed E-state index contributed by atoms with van der Waals surface area (Å²) in [5.74, 6) is 0.468. The topological polar surface area (TPSA) is 83.7 Å². The van der Waals surface area contributed by atoms with Gasteiger partial charge < -0.3 is 10.1 Å². The standard InChI is InChI=1S/C15H15N5O/c1-10-7-12(8-16)19-15(18-10)20-13-4-6-21-14(13)11-3-2-5-17-9-11/h2-3,5,7,9,13-14H,4,6H2,1H3,(H,18,19,20)/t13-,14+/m0/s1. The average Bonchev–Trinajstić information content (AvgIpc) is 2.95. The van der Waals surface area contributed by atoms with Gasteiger partial charge in [0.15, 0.2) is 0 Å². The van der Waals surface area contributed by atoms with Crippen molar-refractivity contribution in [2.24, 2.45) is 0 Å². The van der Waals surface area contributed by atoms with Crippen LogP contribution in [-0.2, 0) is 4.74 Å². The second-order valence-corrected chi connectivity index (χ2v) is 4.95. The van der Waals surface area contributed by atoms with Gasteiger partial charge in [0.1, 0.15) is 17.9 Å². The van der Waals surface area contributed by atoms with Crippen LogP contribution in [0.1, 0.15) is 29.5 Å². The van der Waals surface area contributed by atoms with Crippen molar-refractivity contribution in [1.29, 1.82) is 5.26 Å². The van der Waals surface area contributed by atoms with Crippen molar-refractivity contribution >= 4 is 5.95 Å². The molecule has 1 saturated heterocycles. The molecule has 6 nitrogen and oxygen atoms in total. The average molecular weight is 281 g/mol. The fourth-order valence-electron chi connectivity index (χ4n) is 2.47. The van der Waals surface area contributed by atoms with Gasteiger partial charge >= 0.3 is 0 Å². The summed E-state index contributed by atoms with van der Waals surface area (Å²) in [7, 11) is 0. The van der Waals surface area contributed by atoms with Gasteiger partial charge in [0.25, 0.3) is 0 Å². The third kappa shape index (κ3) is 2.98. The Morgan fingerprint density at radius 1 is 1.43 bits per heavy atom. The molecule has 0 saturated carbocycles. The fourth-order valence-corrected chi connectivity index (χ4v) is 2.47. The van der Waals surface area contributed by atoms with Crippen LogP contribution in [0.2, 0.25) is 0 Å². The monoisotopic (exact) mass is 281 g/mol. The fraction of sp³-hybridized carbons (Fsp3) is 0.333. The molecule has 3 rings (SSSR count). The minimum Gasteiger partial charge on any atom is -0.371 e. The second-order valence-electron chi connectivity index (χ2n) is 4.95. The molecule has 2 atom stereocenters. The number of nitriles is 1. The van der Waals surface area contributed by atoms with Crippen LogP contribution in [0.3, 0.4) is 0 Å². The van der Waals surface area contributed by atoms with E-state index in [1.807, 2.05) is 31.3 Å². The normalized spacial score (nSPS) is 21.0. The lowest BCUT2D eigenvalue weighted by Crippen LogP contribution is -2.24. The van der Waals surface area contributed by atoms with Gasteiger partial charge in [-0.3, -0.25) is 4.98 Å². The van der Waals surface area contributed by atoms with Crippen molar-refractivity contribution in [3.05, 3.63) is 47.5 Å². The van der Waals surface area contributed by atoms with Crippen molar-refractivity contribution in [2.75, 3.05) is 11.9 Å². The summed E-state index contributed by atoms with van der Waals surface area (Å²) in [5.41, 5.74) is 2.16. The van der Waals surface area contributed by atoms with Gasteiger partial charge in [-0.2, -0.15) is 5.26 Å². The van der Waals surface area contributed by atoms with E-state index in [1.165, 1.54) is 0 Å². The van der Waals surface area contributed by atoms with Crippen LogP contribution in [0.4, 0.5) is 5.95 Å². The number of rotatable bonds is 3. The van der Waals surface area contributed by atoms with E-state index in [1.54, 1.807) is 12.3 Å². The molecule has 0 bridgehead atoms. The van der Waals surface area contributed by atoms with E-state index in [4.69, 9.17) is 10.00 Å². The molecule has 0 spiro atoms. The number of hydrogen-bond donors (Lipinski definition) is 1. The highest BCUT2D eigenvalue weighted by Gasteiger charge is 2.30. The Morgan fingerprint density at radius 3 is 3.10 bits per heavy atom. The summed E-state index contributed by atoms with van der Waals surface area (Å²) in [6.45, 7) is 2.52. The van der Waals surface area contributed by atoms with Crippen LogP contribution in [0.15, 0.2) is 30.6 Å². The van der Waals surface area contributed by atoms with Crippen molar-refractivity contribution in [1.82, 2.24) is 15.0 Å². The number of aryl methyl sites for hydroxylation is 1. The number of nitrogens with one attached hydrogen (secondary N) is 1. The molecule has 0 unspecified atom stereocenters. The van der Waals surface area contributed by atoms with Crippen molar-refractivity contribution < 1.29 is 4.74 Å². The molecule has 3 heterocycles. The quantitative estimate of drug-likeness (QED) is 0.926. The molecule has 0 amide bonds. The Kier molecular flexibility index (Phi) is 3.75. The predicted molar refractivity (Wildman–Crippen MR) is 76.4 cm³/mol. The molecular formula is C15H15N5O. The van der Waals surface area contributed by atoms with E-state index in [0.29, 0.717) is 18.2 Å². The lowest BCUT2D eigenvalue weighted by Gasteiger charge is -2.20. The van der Waals surface area contributed by atoms with Gasteiger partial charge in [-0.05, 0) is 25.5 Å². The van der Waals surface area contributed by atoms with Gasteiger partial charge in [-0.25, -0.2) is 9.97 Å². The molecule has 0 aliphatic carbocycles. The summed E-state index contributed by atoms with van der Waals surface area (Å²) < 4.78 is 5.79. The third-order valence-electron chi connectivity index (χ3n) is 3.39. The van der Waals surface area contributed by atoms with E-state index < -0.39 is 0 Å². The Hall–Kier alpha value is -2.52. The molecule has 2 aromatic rings. The minimum atomic E-state index is -0.0756. The summed E-state index contributed by atoms with van der Waals surface area (Å²) >= 11 is 0. The maximum absolute atomic E-state index is 8.98. The highest BCUT2D eigenvalue weighted by molar-refractivity contribution is 5.35. The molecule has 0 aromatic carbocycles. The molecule has 1 aliphatic heterocycles. The van der Waals surface area contributed by atoms with Gasteiger partial charge in [0.2, 0.25) is 5.95 Å². The van der Waals surface area contributed by atoms with E-state index in [2.05, 4.69) is 20.3 Å². The molecule has 1 aliphatic rings. The van der Waals surface area contributed by atoms with Crippen LogP contribution in [-0.4, -0.2) is 27.6 Å². The van der Waals surface area contributed by atoms with Crippen molar-refractivity contribution in [3.63, 3.8) is 0 Å². The van der Waals surface area contributed by atoms with Gasteiger partial charge in [-0.1, -0.05) is 6.07 Å². The lowest BCUT2D eigenvalue weighted by atomic mass is 10.0. The Labute approximate surface area is 122 Å². The highest BCUT2D eigenvalue weighted by Crippen LogP contribution is 2.30. The van der Waals surface area contributed by atoms with Crippen molar-refractivity contribution in [2.45, 2.75) is 25.5 Å². The smallest absolute Gasteiger partial charge is 0.224 e. The zero-order valence-corrected chi connectivity index (χ0v) is 11.7. The first-order chi connectivity index (χ1) is 10.3. The van der Waals surface area contributed by atoms with Crippen LogP contribution in [0.25, 0.3) is 0 Å². The lowest BCUT2D eigenvalue weighted by molar-refractivity contribution is 0.107. The van der Waals surface area contributed by atoms with Gasteiger partial charge in [-0.15, -0.1) is 0 Å². The van der Waals surface area contributed by atoms with Gasteiger partial charge in [0, 0.05) is 30.3 Å². The zero-order chi connectivity index (χ0) is 14.7. The van der Waals surface area contributed by atoms with E-state index in [0.717, 1.165) is 17.7 Å². The molecule has 0 radical (unpaired) electrons. The van der Waals surface area contributed by atoms with Crippen LogP contribution >= 0.6 is 0 Å². The van der Waals surface area contributed by atoms with Crippen LogP contribution < -0.4 is 5.32 Å². The molecule has 2 aromatic heterocycles. The number of hydrogen-bond acceptors (Lipinski definition) is 6. The molecule has 1 fully saturated rings. The zero-order valence-electron chi connectivity index (χ0n) is 11.7. The number of pyridine rings is 1. The SMILES string of the molecule is Cc1cc(C#N)nc(N[C@H]2CCO[C@@H]2c2cccnc2)n1. The molecular weight excluding hydrogens is 266 g/mol. The minimum absolute atomic E-state index is 0.0718. The maximum atomic E-state index is 8.98. The number of aromatic nitrogens is 3. The Morgan fingerprint density at radius 2 is 2.33 bits per heavy atom. The summed E-state index contributed by atoms with van der Waals surface area (Å²) in [6.07, 6.45) is 4.33. The van der Waals surface area contributed by atoms with Crippen LogP contribution in [0.5, 0.6) is 0 Å².